The van der Waals surface area contributed by atoms with E-state index in [-0.39, 0.29) is 24.4 Å². The molecule has 1 atom stereocenters. The Morgan fingerprint density at radius 1 is 1.16 bits per heavy atom. The van der Waals surface area contributed by atoms with Gasteiger partial charge in [0.15, 0.2) is 0 Å². The Kier molecular flexibility index (Phi) is 7.29. The summed E-state index contributed by atoms with van der Waals surface area (Å²) in [7, 11) is 1.91. The molecule has 0 saturated heterocycles. The van der Waals surface area contributed by atoms with Crippen molar-refractivity contribution in [3.8, 4) is 0 Å². The lowest BCUT2D eigenvalue weighted by Gasteiger charge is -2.31. The highest BCUT2D eigenvalue weighted by molar-refractivity contribution is 5.94. The molecule has 0 heterocycles. The van der Waals surface area contributed by atoms with Crippen LogP contribution in [0.5, 0.6) is 0 Å². The number of nitrogens with zero attached hydrogens (tertiary/aromatic N) is 1. The maximum absolute atomic E-state index is 12.3. The fourth-order valence-corrected chi connectivity index (χ4v) is 3.12. The van der Waals surface area contributed by atoms with Crippen LogP contribution < -0.4 is 10.6 Å². The number of likely N-dealkylation sites (N-methyl/N-ethyl adjacent to an activating group) is 1. The van der Waals surface area contributed by atoms with E-state index in [9.17, 15) is 9.59 Å². The average Bonchev–Trinajstić information content (AvgIpc) is 2.66. The summed E-state index contributed by atoms with van der Waals surface area (Å²) in [5.41, 5.74) is 1.49. The van der Waals surface area contributed by atoms with Gasteiger partial charge in [-0.15, -0.1) is 0 Å². The molecule has 5 nitrogen and oxygen atoms in total. The molecule has 25 heavy (non-hydrogen) atoms. The molecule has 1 unspecified atom stereocenters. The summed E-state index contributed by atoms with van der Waals surface area (Å²) in [6, 6.07) is 7.82. The zero-order chi connectivity index (χ0) is 18.2. The fraction of sp³-hybridized carbons (Fsp3) is 0.600. The SMILES string of the molecule is CCC(C)NC(=O)c1ccc(NCC(=O)N(C)C2CCCCC2)cc1. The van der Waals surface area contributed by atoms with Crippen LogP contribution in [0.15, 0.2) is 24.3 Å². The number of hydrogen-bond acceptors (Lipinski definition) is 3. The minimum atomic E-state index is -0.0611. The predicted molar refractivity (Wildman–Crippen MR) is 102 cm³/mol. The van der Waals surface area contributed by atoms with Crippen LogP contribution in [-0.2, 0) is 4.79 Å². The predicted octanol–water partition coefficient (Wildman–Crippen LogP) is 3.42. The van der Waals surface area contributed by atoms with Crippen molar-refractivity contribution in [3.05, 3.63) is 29.8 Å². The van der Waals surface area contributed by atoms with Gasteiger partial charge in [-0.05, 0) is 50.5 Å². The second-order valence-corrected chi connectivity index (χ2v) is 7.01. The molecule has 1 aromatic rings. The lowest BCUT2D eigenvalue weighted by molar-refractivity contribution is -0.130. The van der Waals surface area contributed by atoms with E-state index in [0.717, 1.165) is 24.9 Å². The fourth-order valence-electron chi connectivity index (χ4n) is 3.12. The van der Waals surface area contributed by atoms with Gasteiger partial charge in [0.25, 0.3) is 5.91 Å². The number of nitrogens with one attached hydrogen (secondary N) is 2. The third kappa shape index (κ3) is 5.76. The first-order valence-corrected chi connectivity index (χ1v) is 9.41. The zero-order valence-electron chi connectivity index (χ0n) is 15.7. The summed E-state index contributed by atoms with van der Waals surface area (Å²) in [6.45, 7) is 4.31. The standard InChI is InChI=1S/C20H31N3O2/c1-4-15(2)22-20(25)16-10-12-17(13-11-16)21-14-19(24)23(3)18-8-6-5-7-9-18/h10-13,15,18,21H,4-9,14H2,1-3H3,(H,22,25). The molecule has 1 aliphatic carbocycles. The number of carbonyl (C=O) groups excluding carboxylic acids is 2. The van der Waals surface area contributed by atoms with E-state index in [0.29, 0.717) is 11.6 Å². The zero-order valence-corrected chi connectivity index (χ0v) is 15.7. The molecular formula is C20H31N3O2. The van der Waals surface area contributed by atoms with Crippen LogP contribution in [0.3, 0.4) is 0 Å². The van der Waals surface area contributed by atoms with Crippen molar-refractivity contribution in [2.75, 3.05) is 18.9 Å². The Labute approximate surface area is 151 Å². The van der Waals surface area contributed by atoms with E-state index in [1.54, 1.807) is 12.1 Å². The van der Waals surface area contributed by atoms with Gasteiger partial charge in [-0.2, -0.15) is 0 Å². The van der Waals surface area contributed by atoms with Gasteiger partial charge >= 0.3 is 0 Å². The number of carbonyl (C=O) groups is 2. The van der Waals surface area contributed by atoms with Gasteiger partial charge in [0, 0.05) is 30.4 Å². The maximum atomic E-state index is 12.3. The Bertz CT molecular complexity index is 565. The highest BCUT2D eigenvalue weighted by Crippen LogP contribution is 2.21. The molecule has 138 valence electrons. The molecule has 0 aliphatic heterocycles. The van der Waals surface area contributed by atoms with Crippen molar-refractivity contribution in [1.82, 2.24) is 10.2 Å². The summed E-state index contributed by atoms with van der Waals surface area (Å²) in [4.78, 5) is 26.3. The molecule has 1 saturated carbocycles. The van der Waals surface area contributed by atoms with Crippen LogP contribution in [0.1, 0.15) is 62.7 Å². The van der Waals surface area contributed by atoms with E-state index < -0.39 is 0 Å². The Morgan fingerprint density at radius 2 is 1.80 bits per heavy atom. The molecule has 2 N–H and O–H groups in total. The van der Waals surface area contributed by atoms with Crippen LogP contribution in [0.25, 0.3) is 0 Å². The minimum Gasteiger partial charge on any atom is -0.376 e. The maximum Gasteiger partial charge on any atom is 0.251 e. The summed E-state index contributed by atoms with van der Waals surface area (Å²) in [5.74, 6) is 0.0551. The van der Waals surface area contributed by atoms with Crippen LogP contribution in [0.4, 0.5) is 5.69 Å². The van der Waals surface area contributed by atoms with Crippen molar-refractivity contribution in [1.29, 1.82) is 0 Å². The third-order valence-electron chi connectivity index (χ3n) is 5.10. The van der Waals surface area contributed by atoms with E-state index in [2.05, 4.69) is 10.6 Å². The Hall–Kier alpha value is -2.04. The highest BCUT2D eigenvalue weighted by atomic mass is 16.2. The molecule has 1 aromatic carbocycles. The molecule has 1 fully saturated rings. The molecule has 0 bridgehead atoms. The first-order valence-electron chi connectivity index (χ1n) is 9.41. The minimum absolute atomic E-state index is 0.0611. The second kappa shape index (κ2) is 9.44. The van der Waals surface area contributed by atoms with Crippen molar-refractivity contribution >= 4 is 17.5 Å². The van der Waals surface area contributed by atoms with E-state index in [1.165, 1.54) is 19.3 Å². The molecule has 2 amide bonds. The molecule has 0 aromatic heterocycles. The second-order valence-electron chi connectivity index (χ2n) is 7.01. The smallest absolute Gasteiger partial charge is 0.251 e. The highest BCUT2D eigenvalue weighted by Gasteiger charge is 2.21. The summed E-state index contributed by atoms with van der Waals surface area (Å²) in [5, 5.41) is 6.11. The van der Waals surface area contributed by atoms with E-state index in [4.69, 9.17) is 0 Å². The molecule has 5 heteroatoms. The topological polar surface area (TPSA) is 61.4 Å². The monoisotopic (exact) mass is 345 g/mol. The Morgan fingerprint density at radius 3 is 2.40 bits per heavy atom. The van der Waals surface area contributed by atoms with Gasteiger partial charge in [-0.25, -0.2) is 0 Å². The molecule has 2 rings (SSSR count). The van der Waals surface area contributed by atoms with Gasteiger partial charge in [0.1, 0.15) is 0 Å². The van der Waals surface area contributed by atoms with Crippen LogP contribution >= 0.6 is 0 Å². The normalized spacial score (nSPS) is 16.1. The average molecular weight is 345 g/mol. The van der Waals surface area contributed by atoms with Gasteiger partial charge in [0.2, 0.25) is 5.91 Å². The van der Waals surface area contributed by atoms with Crippen molar-refractivity contribution in [3.63, 3.8) is 0 Å². The number of rotatable bonds is 7. The number of hydrogen-bond donors (Lipinski definition) is 2. The summed E-state index contributed by atoms with van der Waals surface area (Å²) in [6.07, 6.45) is 6.85. The van der Waals surface area contributed by atoms with Crippen LogP contribution in [0, 0.1) is 0 Å². The summed E-state index contributed by atoms with van der Waals surface area (Å²) >= 11 is 0. The van der Waals surface area contributed by atoms with Gasteiger partial charge in [0.05, 0.1) is 6.54 Å². The molecule has 1 aliphatic rings. The number of benzene rings is 1. The van der Waals surface area contributed by atoms with Crippen molar-refractivity contribution in [2.45, 2.75) is 64.5 Å². The first kappa shape index (κ1) is 19.3. The quantitative estimate of drug-likeness (QED) is 0.796. The number of anilines is 1. The van der Waals surface area contributed by atoms with Gasteiger partial charge in [-0.3, -0.25) is 9.59 Å². The summed E-state index contributed by atoms with van der Waals surface area (Å²) < 4.78 is 0. The van der Waals surface area contributed by atoms with E-state index in [1.807, 2.05) is 37.9 Å². The largest absolute Gasteiger partial charge is 0.376 e. The molecule has 0 spiro atoms. The van der Waals surface area contributed by atoms with Crippen LogP contribution in [0.2, 0.25) is 0 Å². The van der Waals surface area contributed by atoms with Crippen molar-refractivity contribution < 1.29 is 9.59 Å². The third-order valence-corrected chi connectivity index (χ3v) is 5.10. The Balaban J connectivity index is 1.82. The lowest BCUT2D eigenvalue weighted by Crippen LogP contribution is -2.41. The van der Waals surface area contributed by atoms with Crippen molar-refractivity contribution in [2.24, 2.45) is 0 Å². The van der Waals surface area contributed by atoms with Gasteiger partial charge in [-0.1, -0.05) is 26.2 Å². The number of amides is 2. The van der Waals surface area contributed by atoms with Crippen LogP contribution in [-0.4, -0.2) is 42.4 Å². The lowest BCUT2D eigenvalue weighted by atomic mass is 9.94. The molecule has 0 radical (unpaired) electrons. The van der Waals surface area contributed by atoms with Gasteiger partial charge < -0.3 is 15.5 Å². The van der Waals surface area contributed by atoms with E-state index >= 15 is 0 Å². The first-order chi connectivity index (χ1) is 12.0. The molecular weight excluding hydrogens is 314 g/mol.